The summed E-state index contributed by atoms with van der Waals surface area (Å²) in [4.78, 5) is 11.1. The van der Waals surface area contributed by atoms with Crippen LogP contribution in [0.2, 0.25) is 0 Å². The molecule has 0 N–H and O–H groups in total. The summed E-state index contributed by atoms with van der Waals surface area (Å²) in [5.74, 6) is 0.666. The molecule has 2 aromatic carbocycles. The predicted molar refractivity (Wildman–Crippen MR) is 117 cm³/mol. The number of hydrogen-bond donors (Lipinski definition) is 0. The van der Waals surface area contributed by atoms with Crippen molar-refractivity contribution in [3.63, 3.8) is 0 Å². The summed E-state index contributed by atoms with van der Waals surface area (Å²) >= 11 is 0. The summed E-state index contributed by atoms with van der Waals surface area (Å²) < 4.78 is 29.1. The van der Waals surface area contributed by atoms with Crippen LogP contribution in [0, 0.1) is 6.92 Å². The van der Waals surface area contributed by atoms with Gasteiger partial charge in [-0.2, -0.15) is 8.99 Å². The van der Waals surface area contributed by atoms with E-state index in [1.54, 1.807) is 16.8 Å². The zero-order valence-corrected chi connectivity index (χ0v) is 17.8. The molecule has 4 aromatic rings. The van der Waals surface area contributed by atoms with Gasteiger partial charge in [0.2, 0.25) is 10.0 Å². The third-order valence-corrected chi connectivity index (χ3v) is 7.33. The molecule has 158 valence electrons. The first kappa shape index (κ1) is 19.6. The molecule has 0 saturated carbocycles. The molecule has 0 aliphatic carbocycles. The van der Waals surface area contributed by atoms with Crippen LogP contribution < -0.4 is 4.90 Å². The number of para-hydroxylation sites is 1. The lowest BCUT2D eigenvalue weighted by Gasteiger charge is -2.34. The lowest BCUT2D eigenvalue weighted by Crippen LogP contribution is -2.49. The molecule has 10 heteroatoms. The molecule has 0 radical (unpaired) electrons. The van der Waals surface area contributed by atoms with E-state index >= 15 is 0 Å². The van der Waals surface area contributed by atoms with Gasteiger partial charge in [0, 0.05) is 26.2 Å². The highest BCUT2D eigenvalue weighted by molar-refractivity contribution is 7.89. The van der Waals surface area contributed by atoms with Crippen molar-refractivity contribution in [2.24, 2.45) is 0 Å². The number of anilines is 1. The maximum Gasteiger partial charge on any atom is 0.243 e. The fraction of sp³-hybridized carbons (Fsp3) is 0.238. The average molecular weight is 436 g/mol. The van der Waals surface area contributed by atoms with Crippen LogP contribution in [-0.4, -0.2) is 63.9 Å². The van der Waals surface area contributed by atoms with Crippen molar-refractivity contribution in [2.75, 3.05) is 31.1 Å². The lowest BCUT2D eigenvalue weighted by molar-refractivity contribution is 0.384. The first-order chi connectivity index (χ1) is 15.0. The molecule has 1 saturated heterocycles. The molecule has 1 fully saturated rings. The molecular weight excluding hydrogens is 414 g/mol. The van der Waals surface area contributed by atoms with E-state index in [0.29, 0.717) is 48.1 Å². The number of piperazine rings is 1. The molecule has 5 rings (SSSR count). The van der Waals surface area contributed by atoms with Crippen LogP contribution in [0.25, 0.3) is 16.9 Å². The van der Waals surface area contributed by atoms with Gasteiger partial charge in [0.25, 0.3) is 0 Å². The Bertz CT molecular complexity index is 1310. The molecule has 9 nitrogen and oxygen atoms in total. The first-order valence-electron chi connectivity index (χ1n) is 9.98. The molecule has 31 heavy (non-hydrogen) atoms. The summed E-state index contributed by atoms with van der Waals surface area (Å²) in [5.41, 5.74) is 3.11. The van der Waals surface area contributed by atoms with Crippen LogP contribution in [0.4, 0.5) is 5.82 Å². The summed E-state index contributed by atoms with van der Waals surface area (Å²) in [6, 6.07) is 16.6. The monoisotopic (exact) mass is 435 g/mol. The van der Waals surface area contributed by atoms with Crippen molar-refractivity contribution in [1.82, 2.24) is 29.3 Å². The van der Waals surface area contributed by atoms with E-state index in [-0.39, 0.29) is 0 Å². The van der Waals surface area contributed by atoms with Crippen LogP contribution in [0.3, 0.4) is 0 Å². The molecule has 0 atom stereocenters. The minimum atomic E-state index is -3.52. The lowest BCUT2D eigenvalue weighted by atomic mass is 10.2. The molecule has 1 aliphatic heterocycles. The van der Waals surface area contributed by atoms with E-state index in [1.807, 2.05) is 54.3 Å². The van der Waals surface area contributed by atoms with Crippen molar-refractivity contribution in [3.8, 4) is 5.69 Å². The molecule has 0 unspecified atom stereocenters. The summed E-state index contributed by atoms with van der Waals surface area (Å²) in [6.07, 6.45) is 1.50. The van der Waals surface area contributed by atoms with Gasteiger partial charge in [-0.25, -0.2) is 18.4 Å². The van der Waals surface area contributed by atoms with E-state index < -0.39 is 10.0 Å². The van der Waals surface area contributed by atoms with Gasteiger partial charge in [0.15, 0.2) is 17.0 Å². The number of sulfonamides is 1. The summed E-state index contributed by atoms with van der Waals surface area (Å²) in [7, 11) is -3.52. The number of hydrogen-bond acceptors (Lipinski definition) is 7. The van der Waals surface area contributed by atoms with Gasteiger partial charge in [-0.3, -0.25) is 0 Å². The van der Waals surface area contributed by atoms with Gasteiger partial charge < -0.3 is 4.90 Å². The van der Waals surface area contributed by atoms with E-state index in [9.17, 15) is 8.42 Å². The van der Waals surface area contributed by atoms with Gasteiger partial charge in [0.1, 0.15) is 6.33 Å². The van der Waals surface area contributed by atoms with Crippen molar-refractivity contribution < 1.29 is 8.42 Å². The van der Waals surface area contributed by atoms with Crippen LogP contribution in [0.1, 0.15) is 5.56 Å². The Kier molecular flexibility index (Phi) is 4.87. The highest BCUT2D eigenvalue weighted by Gasteiger charge is 2.30. The number of fused-ring (bicyclic) bond motifs is 1. The Morgan fingerprint density at radius 2 is 1.58 bits per heavy atom. The number of nitrogens with zero attached hydrogens (tertiary/aromatic N) is 7. The number of benzene rings is 2. The maximum atomic E-state index is 13.0. The van der Waals surface area contributed by atoms with Crippen molar-refractivity contribution in [1.29, 1.82) is 0 Å². The zero-order chi connectivity index (χ0) is 21.4. The molecule has 2 aromatic heterocycles. The summed E-state index contributed by atoms with van der Waals surface area (Å²) in [6.45, 7) is 3.69. The Balaban J connectivity index is 1.39. The van der Waals surface area contributed by atoms with Crippen LogP contribution >= 0.6 is 0 Å². The Morgan fingerprint density at radius 3 is 2.29 bits per heavy atom. The van der Waals surface area contributed by atoms with E-state index in [0.717, 1.165) is 11.3 Å². The van der Waals surface area contributed by atoms with Gasteiger partial charge in [-0.05, 0) is 31.2 Å². The third-order valence-electron chi connectivity index (χ3n) is 5.42. The number of aryl methyl sites for hydroxylation is 1. The van der Waals surface area contributed by atoms with Crippen LogP contribution in [-0.2, 0) is 10.0 Å². The van der Waals surface area contributed by atoms with Gasteiger partial charge in [-0.1, -0.05) is 41.1 Å². The molecule has 0 spiro atoms. The first-order valence-corrected chi connectivity index (χ1v) is 11.4. The van der Waals surface area contributed by atoms with Crippen molar-refractivity contribution in [2.45, 2.75) is 11.8 Å². The van der Waals surface area contributed by atoms with Gasteiger partial charge >= 0.3 is 0 Å². The quantitative estimate of drug-likeness (QED) is 0.484. The summed E-state index contributed by atoms with van der Waals surface area (Å²) in [5, 5.41) is 8.56. The Morgan fingerprint density at radius 1 is 0.871 bits per heavy atom. The van der Waals surface area contributed by atoms with Gasteiger partial charge in [0.05, 0.1) is 10.6 Å². The van der Waals surface area contributed by atoms with E-state index in [1.165, 1.54) is 10.6 Å². The van der Waals surface area contributed by atoms with E-state index in [2.05, 4.69) is 20.3 Å². The molecule has 0 bridgehead atoms. The highest BCUT2D eigenvalue weighted by atomic mass is 32.2. The molecular formula is C21H21N7O2S. The van der Waals surface area contributed by atoms with Gasteiger partial charge in [-0.15, -0.1) is 5.10 Å². The second kappa shape index (κ2) is 7.71. The topological polar surface area (TPSA) is 97.1 Å². The minimum Gasteiger partial charge on any atom is -0.352 e. The zero-order valence-electron chi connectivity index (χ0n) is 17.0. The predicted octanol–water partition coefficient (Wildman–Crippen LogP) is 2.03. The molecule has 1 aliphatic rings. The molecule has 0 amide bonds. The van der Waals surface area contributed by atoms with E-state index in [4.69, 9.17) is 0 Å². The maximum absolute atomic E-state index is 13.0. The second-order valence-corrected chi connectivity index (χ2v) is 9.35. The minimum absolute atomic E-state index is 0.321. The smallest absolute Gasteiger partial charge is 0.243 e. The normalized spacial score (nSPS) is 15.5. The molecule has 3 heterocycles. The largest absolute Gasteiger partial charge is 0.352 e. The Hall–Kier alpha value is -3.37. The SMILES string of the molecule is Cc1ccc(S(=O)(=O)N2CCN(c3ncnc4c3nnn4-c3ccccc3)CC2)cc1. The standard InChI is InChI=1S/C21H21N7O2S/c1-16-7-9-18(10-8-16)31(29,30)27-13-11-26(12-14-27)20-19-21(23-15-22-20)28(25-24-19)17-5-3-2-4-6-17/h2-10,15H,11-14H2,1H3. The fourth-order valence-electron chi connectivity index (χ4n) is 3.71. The van der Waals surface area contributed by atoms with Crippen LogP contribution in [0.5, 0.6) is 0 Å². The van der Waals surface area contributed by atoms with Crippen molar-refractivity contribution in [3.05, 3.63) is 66.5 Å². The van der Waals surface area contributed by atoms with Crippen molar-refractivity contribution >= 4 is 27.0 Å². The highest BCUT2D eigenvalue weighted by Crippen LogP contribution is 2.25. The average Bonchev–Trinajstić information content (AvgIpc) is 3.24. The number of rotatable bonds is 4. The number of aromatic nitrogens is 5. The third kappa shape index (κ3) is 3.53. The fourth-order valence-corrected chi connectivity index (χ4v) is 5.13. The second-order valence-electron chi connectivity index (χ2n) is 7.41. The Labute approximate surface area is 180 Å². The van der Waals surface area contributed by atoms with Crippen LogP contribution in [0.15, 0.2) is 65.8 Å².